The predicted octanol–water partition coefficient (Wildman–Crippen LogP) is 2.54. The van der Waals surface area contributed by atoms with Gasteiger partial charge in [-0.1, -0.05) is 6.07 Å². The number of carbonyl (C=O) groups excluding carboxylic acids is 1. The van der Waals surface area contributed by atoms with Gasteiger partial charge in [0.25, 0.3) is 0 Å². The van der Waals surface area contributed by atoms with Crippen LogP contribution in [0.4, 0.5) is 0 Å². The molecule has 0 aromatic heterocycles. The maximum Gasteiger partial charge on any atom is 0.220 e. The van der Waals surface area contributed by atoms with Crippen molar-refractivity contribution in [3.8, 4) is 5.75 Å². The number of rotatable bonds is 2. The molecule has 1 aromatic rings. The summed E-state index contributed by atoms with van der Waals surface area (Å²) in [6, 6.07) is 4.52. The number of benzene rings is 1. The molecule has 2 bridgehead atoms. The molecule has 1 saturated heterocycles. The highest BCUT2D eigenvalue weighted by Gasteiger charge is 2.51. The number of ether oxygens (including phenoxy) is 2. The van der Waals surface area contributed by atoms with Gasteiger partial charge in [-0.3, -0.25) is 9.69 Å². The average Bonchev–Trinajstić information content (AvgIpc) is 2.58. The molecule has 4 nitrogen and oxygen atoms in total. The van der Waals surface area contributed by atoms with Crippen molar-refractivity contribution in [3.63, 3.8) is 0 Å². The third kappa shape index (κ3) is 1.86. The summed E-state index contributed by atoms with van der Waals surface area (Å²) in [5.41, 5.74) is 4.79. The SMILES string of the molecule is COC1=C[C@]23CCN(C)[C@H](Cc4ccc(OC)c(C)c42)C3=CC1=O. The van der Waals surface area contributed by atoms with Crippen molar-refractivity contribution in [2.75, 3.05) is 27.8 Å². The van der Waals surface area contributed by atoms with Gasteiger partial charge in [0.2, 0.25) is 5.78 Å². The Bertz CT molecular complexity index is 792. The molecular weight excluding hydrogens is 302 g/mol. The fourth-order valence-corrected chi connectivity index (χ4v) is 4.81. The van der Waals surface area contributed by atoms with E-state index in [1.165, 1.54) is 22.3 Å². The molecule has 0 N–H and O–H groups in total. The lowest BCUT2D eigenvalue weighted by molar-refractivity contribution is -0.114. The topological polar surface area (TPSA) is 38.8 Å². The summed E-state index contributed by atoms with van der Waals surface area (Å²) in [5, 5.41) is 0. The van der Waals surface area contributed by atoms with Crippen LogP contribution >= 0.6 is 0 Å². The monoisotopic (exact) mass is 325 g/mol. The standard InChI is InChI=1S/C20H23NO3/c1-12-17(23-3)6-5-13-9-15-14-10-16(22)18(24-4)11-20(14,19(12)13)7-8-21(15)2/h5-6,10-11,15H,7-9H2,1-4H3/t15-,20+/m1/s1. The third-order valence-electron chi connectivity index (χ3n) is 5.97. The maximum atomic E-state index is 12.4. The lowest BCUT2D eigenvalue weighted by atomic mass is 9.58. The number of ketones is 1. The minimum atomic E-state index is -0.247. The van der Waals surface area contributed by atoms with Crippen molar-refractivity contribution < 1.29 is 14.3 Å². The maximum absolute atomic E-state index is 12.4. The smallest absolute Gasteiger partial charge is 0.220 e. The zero-order valence-electron chi connectivity index (χ0n) is 14.7. The molecule has 24 heavy (non-hydrogen) atoms. The summed E-state index contributed by atoms with van der Waals surface area (Å²) in [6.45, 7) is 3.12. The fraction of sp³-hybridized carbons (Fsp3) is 0.450. The van der Waals surface area contributed by atoms with Gasteiger partial charge in [0, 0.05) is 11.5 Å². The molecule has 3 aliphatic rings. The van der Waals surface area contributed by atoms with Crippen molar-refractivity contribution in [2.24, 2.45) is 0 Å². The number of hydrogen-bond acceptors (Lipinski definition) is 4. The van der Waals surface area contributed by atoms with Gasteiger partial charge in [0.05, 0.1) is 14.2 Å². The van der Waals surface area contributed by atoms with Gasteiger partial charge >= 0.3 is 0 Å². The van der Waals surface area contributed by atoms with E-state index in [0.29, 0.717) is 5.76 Å². The second-order valence-electron chi connectivity index (χ2n) is 7.03. The summed E-state index contributed by atoms with van der Waals surface area (Å²) < 4.78 is 11.0. The summed E-state index contributed by atoms with van der Waals surface area (Å²) in [5.74, 6) is 1.34. The highest BCUT2D eigenvalue weighted by molar-refractivity contribution is 6.05. The molecule has 0 spiro atoms. The molecular formula is C20H23NO3. The molecule has 1 heterocycles. The number of fused-ring (bicyclic) bond motifs is 1. The van der Waals surface area contributed by atoms with E-state index in [4.69, 9.17) is 9.47 Å². The summed E-state index contributed by atoms with van der Waals surface area (Å²) in [7, 11) is 5.44. The molecule has 4 heteroatoms. The zero-order valence-corrected chi connectivity index (χ0v) is 14.7. The number of allylic oxidation sites excluding steroid dienone is 2. The molecule has 1 fully saturated rings. The Morgan fingerprint density at radius 2 is 2.04 bits per heavy atom. The van der Waals surface area contributed by atoms with Gasteiger partial charge in [0.1, 0.15) is 5.75 Å². The van der Waals surface area contributed by atoms with Crippen LogP contribution in [0.15, 0.2) is 35.6 Å². The molecule has 2 aliphatic carbocycles. The molecule has 1 aromatic carbocycles. The molecule has 0 saturated carbocycles. The normalized spacial score (nSPS) is 28.5. The predicted molar refractivity (Wildman–Crippen MR) is 92.3 cm³/mol. The quantitative estimate of drug-likeness (QED) is 0.838. The van der Waals surface area contributed by atoms with Gasteiger partial charge < -0.3 is 9.47 Å². The van der Waals surface area contributed by atoms with Gasteiger partial charge in [-0.15, -0.1) is 0 Å². The van der Waals surface area contributed by atoms with Crippen molar-refractivity contribution in [2.45, 2.75) is 31.2 Å². The van der Waals surface area contributed by atoms with Crippen LogP contribution in [0.2, 0.25) is 0 Å². The number of nitrogens with zero attached hydrogens (tertiary/aromatic N) is 1. The molecule has 2 atom stereocenters. The minimum absolute atomic E-state index is 0.0209. The van der Waals surface area contributed by atoms with E-state index in [9.17, 15) is 4.79 Å². The Balaban J connectivity index is 2.03. The van der Waals surface area contributed by atoms with Crippen LogP contribution < -0.4 is 4.74 Å². The van der Waals surface area contributed by atoms with Crippen LogP contribution in [0.5, 0.6) is 5.75 Å². The second-order valence-corrected chi connectivity index (χ2v) is 7.03. The lowest BCUT2D eigenvalue weighted by Gasteiger charge is -2.53. The Hall–Kier alpha value is -2.07. The summed E-state index contributed by atoms with van der Waals surface area (Å²) in [4.78, 5) is 14.8. The van der Waals surface area contributed by atoms with E-state index in [0.717, 1.165) is 25.1 Å². The summed E-state index contributed by atoms with van der Waals surface area (Å²) >= 11 is 0. The molecule has 126 valence electrons. The Kier molecular flexibility index (Phi) is 3.36. The Morgan fingerprint density at radius 3 is 2.75 bits per heavy atom. The molecule has 0 amide bonds. The van der Waals surface area contributed by atoms with Gasteiger partial charge in [0.15, 0.2) is 5.76 Å². The minimum Gasteiger partial charge on any atom is -0.496 e. The van der Waals surface area contributed by atoms with E-state index >= 15 is 0 Å². The molecule has 0 unspecified atom stereocenters. The third-order valence-corrected chi connectivity index (χ3v) is 5.97. The first kappa shape index (κ1) is 15.5. The largest absolute Gasteiger partial charge is 0.496 e. The molecule has 1 aliphatic heterocycles. The number of likely N-dealkylation sites (N-methyl/N-ethyl adjacent to an activating group) is 1. The highest BCUT2D eigenvalue weighted by Crippen LogP contribution is 2.53. The first-order valence-corrected chi connectivity index (χ1v) is 8.42. The first-order valence-electron chi connectivity index (χ1n) is 8.42. The first-order chi connectivity index (χ1) is 11.5. The van der Waals surface area contributed by atoms with Crippen LogP contribution in [0, 0.1) is 6.92 Å². The zero-order chi connectivity index (χ0) is 17.1. The van der Waals surface area contributed by atoms with Gasteiger partial charge in [-0.2, -0.15) is 0 Å². The van der Waals surface area contributed by atoms with E-state index in [-0.39, 0.29) is 17.2 Å². The van der Waals surface area contributed by atoms with Crippen molar-refractivity contribution in [1.82, 2.24) is 4.90 Å². The highest BCUT2D eigenvalue weighted by atomic mass is 16.5. The van der Waals surface area contributed by atoms with Crippen molar-refractivity contribution in [3.05, 3.63) is 52.3 Å². The van der Waals surface area contributed by atoms with Crippen LogP contribution in [-0.4, -0.2) is 44.5 Å². The van der Waals surface area contributed by atoms with E-state index < -0.39 is 0 Å². The number of likely N-dealkylation sites (tertiary alicyclic amines) is 1. The van der Waals surface area contributed by atoms with Gasteiger partial charge in [-0.05, 0) is 73.8 Å². The Labute approximate surface area is 142 Å². The lowest BCUT2D eigenvalue weighted by Crippen LogP contribution is -2.54. The summed E-state index contributed by atoms with van der Waals surface area (Å²) in [6.07, 6.45) is 5.77. The molecule has 0 radical (unpaired) electrons. The van der Waals surface area contributed by atoms with E-state index in [1.807, 2.05) is 6.08 Å². The van der Waals surface area contributed by atoms with Crippen LogP contribution in [0.25, 0.3) is 0 Å². The number of methoxy groups -OCH3 is 2. The Morgan fingerprint density at radius 1 is 1.25 bits per heavy atom. The number of piperidine rings is 1. The van der Waals surface area contributed by atoms with E-state index in [2.05, 4.69) is 37.1 Å². The van der Waals surface area contributed by atoms with Gasteiger partial charge in [-0.25, -0.2) is 0 Å². The number of hydrogen-bond donors (Lipinski definition) is 0. The average molecular weight is 325 g/mol. The van der Waals surface area contributed by atoms with Crippen molar-refractivity contribution in [1.29, 1.82) is 0 Å². The fourth-order valence-electron chi connectivity index (χ4n) is 4.81. The van der Waals surface area contributed by atoms with E-state index in [1.54, 1.807) is 14.2 Å². The number of carbonyl (C=O) groups is 1. The van der Waals surface area contributed by atoms with Crippen LogP contribution in [0.1, 0.15) is 23.1 Å². The van der Waals surface area contributed by atoms with Crippen LogP contribution in [-0.2, 0) is 21.4 Å². The second kappa shape index (κ2) is 5.21. The molecule has 4 rings (SSSR count). The van der Waals surface area contributed by atoms with Crippen LogP contribution in [0.3, 0.4) is 0 Å². The van der Waals surface area contributed by atoms with Crippen molar-refractivity contribution >= 4 is 5.78 Å².